The number of halogens is 3. The first-order valence-electron chi connectivity index (χ1n) is 8.69. The molecule has 1 aromatic rings. The van der Waals surface area contributed by atoms with E-state index in [0.29, 0.717) is 19.6 Å². The molecule has 0 radical (unpaired) electrons. The van der Waals surface area contributed by atoms with Crippen LogP contribution < -0.4 is 10.6 Å². The molecule has 0 amide bonds. The molecule has 2 rings (SSSR count). The van der Waals surface area contributed by atoms with Gasteiger partial charge in [0.2, 0.25) is 0 Å². The van der Waals surface area contributed by atoms with Crippen molar-refractivity contribution in [3.05, 3.63) is 34.1 Å². The number of guanidine groups is 1. The molecule has 0 saturated carbocycles. The second kappa shape index (κ2) is 12.9. The standard InChI is InChI=1S/C18H27BrFN3O2.HI/c1-13(11-25-16-7-9-24-12-16)23-18(21-2)22-8-3-4-14-5-6-15(19)10-17(14)20;/h5-6,10,13,16H,3-4,7-9,11-12H2,1-2H3,(H2,21,22,23);1H. The molecule has 2 atom stereocenters. The molecule has 1 aromatic carbocycles. The number of rotatable bonds is 8. The van der Waals surface area contributed by atoms with E-state index in [4.69, 9.17) is 9.47 Å². The van der Waals surface area contributed by atoms with Crippen molar-refractivity contribution in [2.24, 2.45) is 4.99 Å². The van der Waals surface area contributed by atoms with E-state index < -0.39 is 0 Å². The van der Waals surface area contributed by atoms with Crippen LogP contribution in [0.15, 0.2) is 27.7 Å². The highest BCUT2D eigenvalue weighted by atomic mass is 127. The maximum atomic E-state index is 13.8. The van der Waals surface area contributed by atoms with Crippen LogP contribution in [0.2, 0.25) is 0 Å². The van der Waals surface area contributed by atoms with Gasteiger partial charge in [-0.15, -0.1) is 24.0 Å². The van der Waals surface area contributed by atoms with Gasteiger partial charge in [-0.2, -0.15) is 0 Å². The fraction of sp³-hybridized carbons (Fsp3) is 0.611. The average Bonchev–Trinajstić information content (AvgIpc) is 3.10. The Bertz CT molecular complexity index is 571. The Balaban J connectivity index is 0.00000338. The van der Waals surface area contributed by atoms with Crippen LogP contribution in [0.25, 0.3) is 0 Å². The van der Waals surface area contributed by atoms with Crippen molar-refractivity contribution in [3.63, 3.8) is 0 Å². The smallest absolute Gasteiger partial charge is 0.191 e. The molecule has 0 bridgehead atoms. The molecule has 148 valence electrons. The molecule has 0 aromatic heterocycles. The Labute approximate surface area is 180 Å². The number of aliphatic imine (C=N–C) groups is 1. The largest absolute Gasteiger partial charge is 0.379 e. The third-order valence-corrected chi connectivity index (χ3v) is 4.50. The highest BCUT2D eigenvalue weighted by Gasteiger charge is 2.17. The number of ether oxygens (including phenoxy) is 2. The maximum Gasteiger partial charge on any atom is 0.191 e. The number of nitrogens with one attached hydrogen (secondary N) is 2. The van der Waals surface area contributed by atoms with Crippen LogP contribution in [0.5, 0.6) is 0 Å². The van der Waals surface area contributed by atoms with Gasteiger partial charge < -0.3 is 20.1 Å². The molecule has 1 heterocycles. The Morgan fingerprint density at radius 3 is 2.96 bits per heavy atom. The van der Waals surface area contributed by atoms with Gasteiger partial charge in [0.25, 0.3) is 0 Å². The fourth-order valence-corrected chi connectivity index (χ4v) is 2.94. The van der Waals surface area contributed by atoms with E-state index in [0.717, 1.165) is 42.0 Å². The Hall–Kier alpha value is -0.450. The van der Waals surface area contributed by atoms with E-state index in [9.17, 15) is 4.39 Å². The van der Waals surface area contributed by atoms with E-state index in [-0.39, 0.29) is 41.9 Å². The van der Waals surface area contributed by atoms with Crippen molar-refractivity contribution in [1.82, 2.24) is 10.6 Å². The summed E-state index contributed by atoms with van der Waals surface area (Å²) in [5.41, 5.74) is 0.730. The summed E-state index contributed by atoms with van der Waals surface area (Å²) in [6.45, 7) is 4.86. The summed E-state index contributed by atoms with van der Waals surface area (Å²) in [5, 5.41) is 6.56. The quantitative estimate of drug-likeness (QED) is 0.228. The van der Waals surface area contributed by atoms with Crippen molar-refractivity contribution in [1.29, 1.82) is 0 Å². The van der Waals surface area contributed by atoms with Crippen molar-refractivity contribution in [3.8, 4) is 0 Å². The molecule has 1 fully saturated rings. The number of aryl methyl sites for hydroxylation is 1. The highest BCUT2D eigenvalue weighted by Crippen LogP contribution is 2.16. The summed E-state index contributed by atoms with van der Waals surface area (Å²) < 4.78 is 25.6. The summed E-state index contributed by atoms with van der Waals surface area (Å²) in [6, 6.07) is 5.33. The van der Waals surface area contributed by atoms with Crippen molar-refractivity contribution >= 4 is 45.9 Å². The van der Waals surface area contributed by atoms with Gasteiger partial charge in [-0.1, -0.05) is 22.0 Å². The van der Waals surface area contributed by atoms with Gasteiger partial charge in [-0.25, -0.2) is 4.39 Å². The molecule has 0 spiro atoms. The van der Waals surface area contributed by atoms with E-state index >= 15 is 0 Å². The number of nitrogens with zero attached hydrogens (tertiary/aromatic N) is 1. The predicted molar refractivity (Wildman–Crippen MR) is 117 cm³/mol. The molecule has 8 heteroatoms. The third-order valence-electron chi connectivity index (χ3n) is 4.01. The van der Waals surface area contributed by atoms with Crippen molar-refractivity contribution in [2.45, 2.75) is 38.3 Å². The van der Waals surface area contributed by atoms with Gasteiger partial charge in [0.05, 0.1) is 19.3 Å². The molecule has 5 nitrogen and oxygen atoms in total. The van der Waals surface area contributed by atoms with Gasteiger partial charge in [0.1, 0.15) is 5.82 Å². The Morgan fingerprint density at radius 1 is 1.50 bits per heavy atom. The molecule has 2 unspecified atom stereocenters. The molecule has 2 N–H and O–H groups in total. The first-order chi connectivity index (χ1) is 12.1. The lowest BCUT2D eigenvalue weighted by atomic mass is 10.1. The topological polar surface area (TPSA) is 54.9 Å². The second-order valence-electron chi connectivity index (χ2n) is 6.20. The fourth-order valence-electron chi connectivity index (χ4n) is 2.60. The lowest BCUT2D eigenvalue weighted by Gasteiger charge is -2.19. The van der Waals surface area contributed by atoms with E-state index in [1.807, 2.05) is 12.1 Å². The number of hydrogen-bond donors (Lipinski definition) is 2. The van der Waals surface area contributed by atoms with Crippen LogP contribution in [-0.2, 0) is 15.9 Å². The van der Waals surface area contributed by atoms with Crippen molar-refractivity contribution in [2.75, 3.05) is 33.4 Å². The minimum atomic E-state index is -0.168. The first-order valence-corrected chi connectivity index (χ1v) is 9.48. The van der Waals surface area contributed by atoms with Crippen LogP contribution in [0.1, 0.15) is 25.3 Å². The average molecular weight is 544 g/mol. The molecule has 0 aliphatic carbocycles. The van der Waals surface area contributed by atoms with Gasteiger partial charge in [0, 0.05) is 30.7 Å². The number of benzene rings is 1. The zero-order valence-electron chi connectivity index (χ0n) is 15.3. The minimum absolute atomic E-state index is 0. The predicted octanol–water partition coefficient (Wildman–Crippen LogP) is 3.50. The second-order valence-corrected chi connectivity index (χ2v) is 7.12. The third kappa shape index (κ3) is 8.49. The number of hydrogen-bond acceptors (Lipinski definition) is 3. The summed E-state index contributed by atoms with van der Waals surface area (Å²) in [6.07, 6.45) is 2.68. The Kier molecular flexibility index (Phi) is 11.7. The molecule has 26 heavy (non-hydrogen) atoms. The van der Waals surface area contributed by atoms with Gasteiger partial charge in [-0.05, 0) is 43.9 Å². The first kappa shape index (κ1) is 23.6. The Morgan fingerprint density at radius 2 is 2.31 bits per heavy atom. The van der Waals surface area contributed by atoms with Crippen LogP contribution in [0, 0.1) is 5.82 Å². The maximum absolute atomic E-state index is 13.8. The highest BCUT2D eigenvalue weighted by molar-refractivity contribution is 14.0. The van der Waals surface area contributed by atoms with Crippen LogP contribution in [0.3, 0.4) is 0 Å². The molecular formula is C18H28BrFIN3O2. The van der Waals surface area contributed by atoms with Crippen LogP contribution in [0.4, 0.5) is 4.39 Å². The molecule has 1 aliphatic rings. The summed E-state index contributed by atoms with van der Waals surface area (Å²) >= 11 is 3.27. The molecule has 1 saturated heterocycles. The summed E-state index contributed by atoms with van der Waals surface area (Å²) in [4.78, 5) is 4.22. The summed E-state index contributed by atoms with van der Waals surface area (Å²) in [7, 11) is 1.74. The lowest BCUT2D eigenvalue weighted by Crippen LogP contribution is -2.44. The SMILES string of the molecule is CN=C(NCCCc1ccc(Br)cc1F)NC(C)COC1CCOC1.I. The van der Waals surface area contributed by atoms with E-state index in [1.54, 1.807) is 7.05 Å². The van der Waals surface area contributed by atoms with Crippen molar-refractivity contribution < 1.29 is 13.9 Å². The van der Waals surface area contributed by atoms with Gasteiger partial charge in [0.15, 0.2) is 5.96 Å². The zero-order valence-corrected chi connectivity index (χ0v) is 19.2. The molecule has 1 aliphatic heterocycles. The van der Waals surface area contributed by atoms with Gasteiger partial charge in [-0.3, -0.25) is 4.99 Å². The van der Waals surface area contributed by atoms with E-state index in [1.165, 1.54) is 6.07 Å². The summed E-state index contributed by atoms with van der Waals surface area (Å²) in [5.74, 6) is 0.564. The van der Waals surface area contributed by atoms with E-state index in [2.05, 4.69) is 38.5 Å². The lowest BCUT2D eigenvalue weighted by molar-refractivity contribution is 0.0347. The zero-order chi connectivity index (χ0) is 18.1. The monoisotopic (exact) mass is 543 g/mol. The van der Waals surface area contributed by atoms with Crippen LogP contribution in [-0.4, -0.2) is 51.5 Å². The molecular weight excluding hydrogens is 516 g/mol. The van der Waals surface area contributed by atoms with Gasteiger partial charge >= 0.3 is 0 Å². The van der Waals surface area contributed by atoms with Crippen LogP contribution >= 0.6 is 39.9 Å². The minimum Gasteiger partial charge on any atom is -0.379 e. The normalized spacial score (nSPS) is 18.3.